The van der Waals surface area contributed by atoms with Crippen LogP contribution in [0, 0.1) is 0 Å². The van der Waals surface area contributed by atoms with Crippen LogP contribution in [0.1, 0.15) is 18.2 Å². The van der Waals surface area contributed by atoms with Gasteiger partial charge in [-0.2, -0.15) is 8.42 Å². The molecule has 0 saturated heterocycles. The van der Waals surface area contributed by atoms with E-state index in [2.05, 4.69) is 0 Å². The van der Waals surface area contributed by atoms with Gasteiger partial charge in [0.05, 0.1) is 26.2 Å². The third-order valence-corrected chi connectivity index (χ3v) is 3.70. The van der Waals surface area contributed by atoms with E-state index in [1.165, 1.54) is 20.1 Å². The minimum atomic E-state index is -3.69. The molecule has 8 heteroatoms. The van der Waals surface area contributed by atoms with Crippen LogP contribution in [0.2, 0.25) is 0 Å². The lowest BCUT2D eigenvalue weighted by Crippen LogP contribution is -2.27. The van der Waals surface area contributed by atoms with Gasteiger partial charge in [0, 0.05) is 13.5 Å². The van der Waals surface area contributed by atoms with Crippen LogP contribution in [0.5, 0.6) is 11.5 Å². The Labute approximate surface area is 140 Å². The number of rotatable bonds is 7. The van der Waals surface area contributed by atoms with Gasteiger partial charge < -0.3 is 18.2 Å². The van der Waals surface area contributed by atoms with Crippen molar-refractivity contribution in [3.05, 3.63) is 47.9 Å². The van der Waals surface area contributed by atoms with E-state index in [-0.39, 0.29) is 18.2 Å². The van der Waals surface area contributed by atoms with Crippen molar-refractivity contribution in [3.63, 3.8) is 0 Å². The molecule has 0 spiro atoms. The summed E-state index contributed by atoms with van der Waals surface area (Å²) in [6, 6.07) is 8.41. The summed E-state index contributed by atoms with van der Waals surface area (Å²) >= 11 is 0. The zero-order valence-electron chi connectivity index (χ0n) is 13.7. The number of ether oxygens (including phenoxy) is 1. The van der Waals surface area contributed by atoms with E-state index < -0.39 is 10.1 Å². The van der Waals surface area contributed by atoms with E-state index >= 15 is 0 Å². The summed E-state index contributed by atoms with van der Waals surface area (Å²) in [6.07, 6.45) is 2.50. The number of benzene rings is 1. The maximum Gasteiger partial charge on any atom is 0.306 e. The van der Waals surface area contributed by atoms with Crippen molar-refractivity contribution in [1.82, 2.24) is 4.90 Å². The Morgan fingerprint density at radius 3 is 2.50 bits per heavy atom. The molecule has 1 aromatic carbocycles. The number of carbonyl (C=O) groups excluding carboxylic acids is 1. The van der Waals surface area contributed by atoms with Crippen LogP contribution >= 0.6 is 0 Å². The molecule has 0 bridgehead atoms. The molecule has 0 atom stereocenters. The van der Waals surface area contributed by atoms with E-state index in [4.69, 9.17) is 13.3 Å². The molecule has 1 amide bonds. The fourth-order valence-electron chi connectivity index (χ4n) is 2.14. The lowest BCUT2D eigenvalue weighted by Gasteiger charge is -2.20. The van der Waals surface area contributed by atoms with Crippen LogP contribution in [0.25, 0.3) is 0 Å². The Kier molecular flexibility index (Phi) is 5.50. The molecular weight excluding hydrogens is 334 g/mol. The number of methoxy groups -OCH3 is 1. The lowest BCUT2D eigenvalue weighted by molar-refractivity contribution is -0.130. The van der Waals surface area contributed by atoms with E-state index in [1.807, 2.05) is 0 Å². The Hall–Kier alpha value is -2.48. The molecule has 0 aliphatic heterocycles. The first-order chi connectivity index (χ1) is 11.3. The smallest absolute Gasteiger partial charge is 0.306 e. The van der Waals surface area contributed by atoms with Crippen LogP contribution in [0.3, 0.4) is 0 Å². The summed E-state index contributed by atoms with van der Waals surface area (Å²) in [5, 5.41) is 0. The molecule has 130 valence electrons. The second-order valence-corrected chi connectivity index (χ2v) is 6.80. The molecule has 7 nitrogen and oxygen atoms in total. The zero-order chi connectivity index (χ0) is 17.7. The molecule has 2 rings (SSSR count). The van der Waals surface area contributed by atoms with Crippen LogP contribution in [0.15, 0.2) is 41.0 Å². The minimum Gasteiger partial charge on any atom is -0.493 e. The number of furan rings is 1. The van der Waals surface area contributed by atoms with Crippen LogP contribution in [-0.2, 0) is 28.0 Å². The second kappa shape index (κ2) is 7.39. The number of nitrogens with zero attached hydrogens (tertiary/aromatic N) is 1. The van der Waals surface area contributed by atoms with E-state index in [1.54, 1.807) is 35.4 Å². The van der Waals surface area contributed by atoms with Crippen molar-refractivity contribution in [2.45, 2.75) is 20.0 Å². The summed E-state index contributed by atoms with van der Waals surface area (Å²) in [5.41, 5.74) is 0.705. The predicted molar refractivity (Wildman–Crippen MR) is 87.1 cm³/mol. The van der Waals surface area contributed by atoms with Crippen molar-refractivity contribution in [3.8, 4) is 11.5 Å². The van der Waals surface area contributed by atoms with Gasteiger partial charge in [0.15, 0.2) is 11.5 Å². The highest BCUT2D eigenvalue weighted by Crippen LogP contribution is 2.29. The molecule has 0 N–H and O–H groups in total. The highest BCUT2D eigenvalue weighted by Gasteiger charge is 2.15. The molecule has 24 heavy (non-hydrogen) atoms. The molecule has 0 aliphatic carbocycles. The highest BCUT2D eigenvalue weighted by atomic mass is 32.2. The molecule has 0 aliphatic rings. The molecule has 1 heterocycles. The third kappa shape index (κ3) is 5.02. The maximum absolute atomic E-state index is 11.8. The number of carbonyl (C=O) groups is 1. The number of hydrogen-bond donors (Lipinski definition) is 0. The summed E-state index contributed by atoms with van der Waals surface area (Å²) in [4.78, 5) is 13.4. The van der Waals surface area contributed by atoms with E-state index in [0.29, 0.717) is 23.6 Å². The topological polar surface area (TPSA) is 86.0 Å². The normalized spacial score (nSPS) is 11.1. The maximum atomic E-state index is 11.8. The Balaban J connectivity index is 2.23. The van der Waals surface area contributed by atoms with Gasteiger partial charge in [0.2, 0.25) is 5.91 Å². The first kappa shape index (κ1) is 17.9. The molecule has 0 radical (unpaired) electrons. The van der Waals surface area contributed by atoms with Gasteiger partial charge in [0.25, 0.3) is 0 Å². The van der Waals surface area contributed by atoms with Gasteiger partial charge in [-0.25, -0.2) is 0 Å². The van der Waals surface area contributed by atoms with Gasteiger partial charge in [-0.05, 0) is 29.8 Å². The summed E-state index contributed by atoms with van der Waals surface area (Å²) in [5.74, 6) is 0.905. The van der Waals surface area contributed by atoms with Gasteiger partial charge in [0.1, 0.15) is 5.76 Å². The van der Waals surface area contributed by atoms with Gasteiger partial charge >= 0.3 is 10.1 Å². The monoisotopic (exact) mass is 353 g/mol. The molecule has 1 aromatic heterocycles. The van der Waals surface area contributed by atoms with Gasteiger partial charge in [-0.15, -0.1) is 0 Å². The van der Waals surface area contributed by atoms with E-state index in [0.717, 1.165) is 6.26 Å². The lowest BCUT2D eigenvalue weighted by atomic mass is 10.2. The molecule has 0 fully saturated rings. The number of amides is 1. The van der Waals surface area contributed by atoms with Crippen molar-refractivity contribution >= 4 is 16.0 Å². The average Bonchev–Trinajstić information content (AvgIpc) is 2.98. The van der Waals surface area contributed by atoms with Crippen molar-refractivity contribution in [2.75, 3.05) is 13.4 Å². The fourth-order valence-corrected chi connectivity index (χ4v) is 2.59. The van der Waals surface area contributed by atoms with Crippen molar-refractivity contribution in [2.24, 2.45) is 0 Å². The summed E-state index contributed by atoms with van der Waals surface area (Å²) in [7, 11) is -2.27. The first-order valence-corrected chi connectivity index (χ1v) is 8.94. The SMILES string of the molecule is COc1ccc(CN(Cc2ccco2)C(C)=O)cc1OS(C)(=O)=O. The standard InChI is InChI=1S/C16H19NO6S/c1-12(18)17(11-14-5-4-8-22-14)10-13-6-7-15(21-2)16(9-13)23-24(3,19)20/h4-9H,10-11H2,1-3H3. The molecule has 0 saturated carbocycles. The number of hydrogen-bond acceptors (Lipinski definition) is 6. The Bertz CT molecular complexity index is 798. The predicted octanol–water partition coefficient (Wildman–Crippen LogP) is 2.18. The van der Waals surface area contributed by atoms with Crippen LogP contribution < -0.4 is 8.92 Å². The highest BCUT2D eigenvalue weighted by molar-refractivity contribution is 7.86. The third-order valence-electron chi connectivity index (χ3n) is 3.21. The van der Waals surface area contributed by atoms with Crippen molar-refractivity contribution in [1.29, 1.82) is 0 Å². The fraction of sp³-hybridized carbons (Fsp3) is 0.312. The Morgan fingerprint density at radius 2 is 1.96 bits per heavy atom. The molecule has 0 unspecified atom stereocenters. The molecular formula is C16H19NO6S. The minimum absolute atomic E-state index is 0.0824. The first-order valence-electron chi connectivity index (χ1n) is 7.13. The zero-order valence-corrected chi connectivity index (χ0v) is 14.5. The largest absolute Gasteiger partial charge is 0.493 e. The van der Waals surface area contributed by atoms with Gasteiger partial charge in [-0.3, -0.25) is 4.79 Å². The van der Waals surface area contributed by atoms with E-state index in [9.17, 15) is 13.2 Å². The Morgan fingerprint density at radius 1 is 1.21 bits per heavy atom. The quantitative estimate of drug-likeness (QED) is 0.709. The van der Waals surface area contributed by atoms with Gasteiger partial charge in [-0.1, -0.05) is 6.07 Å². The summed E-state index contributed by atoms with van der Waals surface area (Å²) in [6.45, 7) is 2.05. The molecule has 2 aromatic rings. The second-order valence-electron chi connectivity index (χ2n) is 5.23. The average molecular weight is 353 g/mol. The van der Waals surface area contributed by atoms with Crippen LogP contribution in [0.4, 0.5) is 0 Å². The van der Waals surface area contributed by atoms with Crippen molar-refractivity contribution < 1.29 is 26.5 Å². The van der Waals surface area contributed by atoms with Crippen LogP contribution in [-0.4, -0.2) is 32.6 Å². The summed E-state index contributed by atoms with van der Waals surface area (Å²) < 4.78 is 38.0.